The summed E-state index contributed by atoms with van der Waals surface area (Å²) in [5.41, 5.74) is 7.08. The number of rotatable bonds is 4. The van der Waals surface area contributed by atoms with Crippen LogP contribution in [-0.2, 0) is 9.31 Å². The number of hydrogen-bond acceptors (Lipinski definition) is 4. The molecule has 0 aromatic rings. The largest absolute Gasteiger partial charge is 0.494 e. The van der Waals surface area contributed by atoms with Gasteiger partial charge in [-0.05, 0) is 51.7 Å². The molecule has 1 heterocycles. The number of nitrogens with two attached hydrogens (primary N) is 1. The van der Waals surface area contributed by atoms with Gasteiger partial charge in [0.2, 0.25) is 0 Å². The van der Waals surface area contributed by atoms with Crippen molar-refractivity contribution in [2.45, 2.75) is 45.8 Å². The maximum Gasteiger partial charge on any atom is 0.494 e. The molecule has 4 nitrogen and oxygen atoms in total. The molecule has 1 saturated heterocycles. The summed E-state index contributed by atoms with van der Waals surface area (Å²) in [5.74, 6) is 0. The molecule has 0 unspecified atom stereocenters. The molecular formula is C14H23BN2O2. The quantitative estimate of drug-likeness (QED) is 0.465. The molecule has 0 spiro atoms. The third-order valence-electron chi connectivity index (χ3n) is 3.76. The lowest BCUT2D eigenvalue weighted by Crippen LogP contribution is -2.41. The van der Waals surface area contributed by atoms with E-state index in [2.05, 4.69) is 6.58 Å². The van der Waals surface area contributed by atoms with Gasteiger partial charge in [-0.15, -0.1) is 0 Å². The Morgan fingerprint density at radius 3 is 2.05 bits per heavy atom. The van der Waals surface area contributed by atoms with Crippen LogP contribution in [0, 0.1) is 5.41 Å². The third-order valence-corrected chi connectivity index (χ3v) is 3.76. The van der Waals surface area contributed by atoms with E-state index in [0.29, 0.717) is 11.3 Å². The van der Waals surface area contributed by atoms with Crippen molar-refractivity contribution in [2.75, 3.05) is 0 Å². The van der Waals surface area contributed by atoms with Gasteiger partial charge in [0.15, 0.2) is 0 Å². The van der Waals surface area contributed by atoms with Crippen molar-refractivity contribution < 1.29 is 9.31 Å². The summed E-state index contributed by atoms with van der Waals surface area (Å²) >= 11 is 0. The number of allylic oxidation sites excluding steroid dienone is 4. The van der Waals surface area contributed by atoms with E-state index in [-0.39, 0.29) is 0 Å². The van der Waals surface area contributed by atoms with Crippen LogP contribution in [0.2, 0.25) is 0 Å². The van der Waals surface area contributed by atoms with Gasteiger partial charge in [-0.1, -0.05) is 12.7 Å². The van der Waals surface area contributed by atoms with E-state index in [1.54, 1.807) is 19.1 Å². The number of nitrogens with one attached hydrogen (secondary N) is 1. The Bertz CT molecular complexity index is 434. The molecule has 0 amide bonds. The van der Waals surface area contributed by atoms with Crippen molar-refractivity contribution in [2.24, 2.45) is 5.73 Å². The summed E-state index contributed by atoms with van der Waals surface area (Å²) < 4.78 is 11.9. The highest BCUT2D eigenvalue weighted by Crippen LogP contribution is 2.38. The van der Waals surface area contributed by atoms with Crippen molar-refractivity contribution in [1.82, 2.24) is 0 Å². The minimum Gasteiger partial charge on any atom is -0.399 e. The van der Waals surface area contributed by atoms with Crippen LogP contribution in [0.25, 0.3) is 0 Å². The van der Waals surface area contributed by atoms with E-state index in [1.165, 1.54) is 6.21 Å². The maximum absolute atomic E-state index is 7.20. The first kappa shape index (κ1) is 15.7. The topological polar surface area (TPSA) is 68.3 Å². The second-order valence-corrected chi connectivity index (χ2v) is 5.72. The van der Waals surface area contributed by atoms with Gasteiger partial charge in [0.1, 0.15) is 0 Å². The summed E-state index contributed by atoms with van der Waals surface area (Å²) in [6.07, 6.45) is 4.64. The SMILES string of the molecule is C=C/C(=C\C(N)=C(/C)C=N)B1OC(C)(C)C(C)(C)O1. The van der Waals surface area contributed by atoms with E-state index in [0.717, 1.165) is 5.47 Å². The van der Waals surface area contributed by atoms with Crippen LogP contribution in [0.4, 0.5) is 0 Å². The van der Waals surface area contributed by atoms with E-state index in [9.17, 15) is 0 Å². The summed E-state index contributed by atoms with van der Waals surface area (Å²) in [6, 6.07) is 0. The normalized spacial score (nSPS) is 23.0. The first-order valence-corrected chi connectivity index (χ1v) is 6.31. The fraction of sp³-hybridized carbons (Fsp3) is 0.500. The monoisotopic (exact) mass is 262 g/mol. The molecule has 1 fully saturated rings. The number of hydrogen-bond donors (Lipinski definition) is 2. The minimum absolute atomic E-state index is 0.394. The van der Waals surface area contributed by atoms with Gasteiger partial charge < -0.3 is 20.5 Å². The standard InChI is InChI=1S/C14H23BN2O2/c1-7-11(8-12(17)10(2)9-16)15-18-13(3,4)14(5,6)19-15/h7-9,16H,1,17H2,2-6H3/b11-8+,12-10-,16-9?. The fourth-order valence-electron chi connectivity index (χ4n) is 1.58. The molecule has 0 saturated carbocycles. The first-order valence-electron chi connectivity index (χ1n) is 6.31. The lowest BCUT2D eigenvalue weighted by molar-refractivity contribution is 0.00578. The zero-order valence-corrected chi connectivity index (χ0v) is 12.4. The Morgan fingerprint density at radius 1 is 1.21 bits per heavy atom. The minimum atomic E-state index is -0.486. The van der Waals surface area contributed by atoms with E-state index >= 15 is 0 Å². The summed E-state index contributed by atoms with van der Waals surface area (Å²) in [5, 5.41) is 7.20. The molecule has 0 aliphatic carbocycles. The molecule has 0 aromatic carbocycles. The van der Waals surface area contributed by atoms with Crippen LogP contribution in [0.15, 0.2) is 35.5 Å². The lowest BCUT2D eigenvalue weighted by Gasteiger charge is -2.32. The zero-order valence-electron chi connectivity index (χ0n) is 12.4. The molecule has 1 aliphatic rings. The van der Waals surface area contributed by atoms with Crippen molar-refractivity contribution >= 4 is 13.3 Å². The second-order valence-electron chi connectivity index (χ2n) is 5.72. The molecule has 0 radical (unpaired) electrons. The fourth-order valence-corrected chi connectivity index (χ4v) is 1.58. The average Bonchev–Trinajstić information content (AvgIpc) is 2.53. The summed E-state index contributed by atoms with van der Waals surface area (Å²) in [7, 11) is -0.486. The Hall–Kier alpha value is -1.33. The van der Waals surface area contributed by atoms with Crippen LogP contribution in [-0.4, -0.2) is 24.5 Å². The zero-order chi connectivity index (χ0) is 14.8. The van der Waals surface area contributed by atoms with Crippen molar-refractivity contribution in [3.05, 3.63) is 35.5 Å². The molecule has 104 valence electrons. The molecule has 0 atom stereocenters. The molecule has 5 heteroatoms. The summed E-state index contributed by atoms with van der Waals surface area (Å²) in [4.78, 5) is 0. The Balaban J connectivity index is 3.06. The molecule has 0 aromatic heterocycles. The summed E-state index contributed by atoms with van der Waals surface area (Å²) in [6.45, 7) is 13.5. The van der Waals surface area contributed by atoms with Crippen LogP contribution < -0.4 is 5.73 Å². The van der Waals surface area contributed by atoms with Gasteiger partial charge >= 0.3 is 7.12 Å². The van der Waals surface area contributed by atoms with E-state index in [4.69, 9.17) is 20.5 Å². The van der Waals surface area contributed by atoms with Crippen LogP contribution in [0.5, 0.6) is 0 Å². The average molecular weight is 262 g/mol. The Labute approximate surface area is 116 Å². The van der Waals surface area contributed by atoms with Crippen molar-refractivity contribution in [3.63, 3.8) is 0 Å². The molecule has 19 heavy (non-hydrogen) atoms. The van der Waals surface area contributed by atoms with Crippen LogP contribution in [0.3, 0.4) is 0 Å². The van der Waals surface area contributed by atoms with Gasteiger partial charge in [-0.2, -0.15) is 0 Å². The van der Waals surface area contributed by atoms with E-state index in [1.807, 2.05) is 27.7 Å². The molecule has 3 N–H and O–H groups in total. The van der Waals surface area contributed by atoms with E-state index < -0.39 is 18.3 Å². The lowest BCUT2D eigenvalue weighted by atomic mass is 9.77. The second kappa shape index (κ2) is 5.35. The molecular weight excluding hydrogens is 239 g/mol. The van der Waals surface area contributed by atoms with Gasteiger partial charge in [0, 0.05) is 11.9 Å². The Morgan fingerprint density at radius 2 is 1.68 bits per heavy atom. The molecule has 1 aliphatic heterocycles. The van der Waals surface area contributed by atoms with Gasteiger partial charge in [0.05, 0.1) is 11.2 Å². The highest BCUT2D eigenvalue weighted by molar-refractivity contribution is 6.55. The smallest absolute Gasteiger partial charge is 0.399 e. The van der Waals surface area contributed by atoms with Crippen LogP contribution in [0.1, 0.15) is 34.6 Å². The van der Waals surface area contributed by atoms with Gasteiger partial charge in [-0.3, -0.25) is 0 Å². The third kappa shape index (κ3) is 3.17. The molecule has 0 bridgehead atoms. The highest BCUT2D eigenvalue weighted by atomic mass is 16.7. The van der Waals surface area contributed by atoms with Gasteiger partial charge in [-0.25, -0.2) is 0 Å². The molecule has 1 rings (SSSR count). The first-order chi connectivity index (χ1) is 8.64. The predicted molar refractivity (Wildman–Crippen MR) is 80.0 cm³/mol. The highest BCUT2D eigenvalue weighted by Gasteiger charge is 2.51. The van der Waals surface area contributed by atoms with Crippen LogP contribution >= 0.6 is 0 Å². The van der Waals surface area contributed by atoms with Crippen molar-refractivity contribution in [3.8, 4) is 0 Å². The van der Waals surface area contributed by atoms with Gasteiger partial charge in [0.25, 0.3) is 0 Å². The van der Waals surface area contributed by atoms with Crippen molar-refractivity contribution in [1.29, 1.82) is 5.41 Å². The Kier molecular flexibility index (Phi) is 4.43. The maximum atomic E-state index is 7.20. The predicted octanol–water partition coefficient (Wildman–Crippen LogP) is 2.61.